The van der Waals surface area contributed by atoms with Gasteiger partial charge in [0.2, 0.25) is 0 Å². The molecule has 0 saturated heterocycles. The van der Waals surface area contributed by atoms with Gasteiger partial charge in [0.15, 0.2) is 5.60 Å². The van der Waals surface area contributed by atoms with Crippen molar-refractivity contribution in [2.75, 3.05) is 22.6 Å². The predicted molar refractivity (Wildman–Crippen MR) is 142 cm³/mol. The van der Waals surface area contributed by atoms with Crippen molar-refractivity contribution in [3.63, 3.8) is 0 Å². The molecule has 186 valence electrons. The summed E-state index contributed by atoms with van der Waals surface area (Å²) < 4.78 is 0. The summed E-state index contributed by atoms with van der Waals surface area (Å²) in [4.78, 5) is 27.6. The Hall–Kier alpha value is -3.65. The van der Waals surface area contributed by atoms with Crippen molar-refractivity contribution >= 4 is 40.5 Å². The monoisotopic (exact) mass is 505 g/mol. The molecule has 2 atom stereocenters. The smallest absolute Gasteiger partial charge is 0.264 e. The molecule has 1 aliphatic heterocycles. The summed E-state index contributed by atoms with van der Waals surface area (Å²) in [6, 6.07) is 18.9. The van der Waals surface area contributed by atoms with E-state index in [0.29, 0.717) is 39.6 Å². The number of aliphatic hydroxyl groups excluding tert-OH is 1. The van der Waals surface area contributed by atoms with Crippen LogP contribution in [0.15, 0.2) is 78.9 Å². The van der Waals surface area contributed by atoms with Crippen molar-refractivity contribution in [1.29, 1.82) is 0 Å². The van der Waals surface area contributed by atoms with E-state index in [-0.39, 0.29) is 19.1 Å². The van der Waals surface area contributed by atoms with Gasteiger partial charge < -0.3 is 26.2 Å². The van der Waals surface area contributed by atoms with Gasteiger partial charge in [0, 0.05) is 40.0 Å². The Bertz CT molecular complexity index is 1290. The molecular weight excluding hydrogens is 478 g/mol. The van der Waals surface area contributed by atoms with Gasteiger partial charge in [-0.15, -0.1) is 0 Å². The zero-order valence-electron chi connectivity index (χ0n) is 19.8. The number of aliphatic hydroxyl groups is 2. The number of fused-ring (bicyclic) bond motifs is 1. The van der Waals surface area contributed by atoms with E-state index in [1.165, 1.54) is 0 Å². The van der Waals surface area contributed by atoms with Crippen LogP contribution in [0.2, 0.25) is 5.02 Å². The first-order chi connectivity index (χ1) is 17.2. The number of hydrogen-bond donors (Lipinski definition) is 4. The van der Waals surface area contributed by atoms with E-state index in [0.717, 1.165) is 5.56 Å². The van der Waals surface area contributed by atoms with Crippen LogP contribution in [0.3, 0.4) is 0 Å². The Balaban J connectivity index is 1.54. The Labute approximate surface area is 214 Å². The lowest BCUT2D eigenvalue weighted by Crippen LogP contribution is -2.44. The Morgan fingerprint density at radius 2 is 1.83 bits per heavy atom. The van der Waals surface area contributed by atoms with Gasteiger partial charge in [-0.1, -0.05) is 42.8 Å². The van der Waals surface area contributed by atoms with Crippen molar-refractivity contribution in [3.05, 3.63) is 101 Å². The number of hydrogen-bond acceptors (Lipinski definition) is 5. The molecule has 2 amide bonds. The van der Waals surface area contributed by atoms with Crippen LogP contribution in [0.5, 0.6) is 0 Å². The lowest BCUT2D eigenvalue weighted by molar-refractivity contribution is -0.139. The maximum absolute atomic E-state index is 13.6. The van der Waals surface area contributed by atoms with E-state index >= 15 is 0 Å². The van der Waals surface area contributed by atoms with Crippen molar-refractivity contribution in [1.82, 2.24) is 0 Å². The second-order valence-electron chi connectivity index (χ2n) is 8.82. The zero-order chi connectivity index (χ0) is 25.9. The number of nitrogens with zero attached hydrogens (tertiary/aromatic N) is 1. The number of carbonyl (C=O) groups is 2. The highest BCUT2D eigenvalue weighted by Gasteiger charge is 2.52. The molecule has 8 heteroatoms. The van der Waals surface area contributed by atoms with Crippen LogP contribution >= 0.6 is 11.6 Å². The highest BCUT2D eigenvalue weighted by atomic mass is 35.5. The summed E-state index contributed by atoms with van der Waals surface area (Å²) in [5, 5.41) is 23.9. The average Bonchev–Trinajstić information content (AvgIpc) is 3.07. The standard InChI is InChI=1S/C28H28ClN3O4/c1-18(4-2-3-15-33)28(36)24-16-21(29)9-14-25(24)32(27(28)35)17-19-5-12-23(13-6-19)31-26(34)20-7-10-22(30)11-8-20/h2,4-14,16,18,33,36H,3,15,17,30H2,1H3,(H,31,34)/b4-2+/t18-,28+/m0/s1. The summed E-state index contributed by atoms with van der Waals surface area (Å²) in [7, 11) is 0. The van der Waals surface area contributed by atoms with Crippen molar-refractivity contribution in [3.8, 4) is 0 Å². The van der Waals surface area contributed by atoms with Crippen molar-refractivity contribution in [2.45, 2.75) is 25.5 Å². The predicted octanol–water partition coefficient (Wildman–Crippen LogP) is 4.48. The molecule has 36 heavy (non-hydrogen) atoms. The van der Waals surface area contributed by atoms with Crippen LogP contribution in [0.1, 0.15) is 34.8 Å². The average molecular weight is 506 g/mol. The van der Waals surface area contributed by atoms with E-state index in [9.17, 15) is 14.7 Å². The molecular formula is C28H28ClN3O4. The molecule has 7 nitrogen and oxygen atoms in total. The van der Waals surface area contributed by atoms with Gasteiger partial charge in [-0.3, -0.25) is 9.59 Å². The molecule has 0 saturated carbocycles. The summed E-state index contributed by atoms with van der Waals surface area (Å²) in [5.41, 5.74) is 7.45. The highest BCUT2D eigenvalue weighted by Crippen LogP contribution is 2.46. The number of rotatable bonds is 8. The lowest BCUT2D eigenvalue weighted by Gasteiger charge is -2.27. The Morgan fingerprint density at radius 1 is 1.14 bits per heavy atom. The SMILES string of the molecule is C[C@@H](/C=C/CCO)[C@]1(O)C(=O)N(Cc2ccc(NC(=O)c3ccc(N)cc3)cc2)c2ccc(Cl)cc21. The van der Waals surface area contributed by atoms with Crippen LogP contribution < -0.4 is 16.0 Å². The molecule has 1 heterocycles. The molecule has 0 aromatic heterocycles. The van der Waals surface area contributed by atoms with Gasteiger partial charge in [0.25, 0.3) is 11.8 Å². The number of nitrogens with two attached hydrogens (primary N) is 1. The van der Waals surface area contributed by atoms with Gasteiger partial charge in [-0.05, 0) is 66.6 Å². The zero-order valence-corrected chi connectivity index (χ0v) is 20.6. The topological polar surface area (TPSA) is 116 Å². The summed E-state index contributed by atoms with van der Waals surface area (Å²) in [5.74, 6) is -1.23. The molecule has 0 bridgehead atoms. The van der Waals surface area contributed by atoms with E-state index in [1.807, 2.05) is 12.1 Å². The Morgan fingerprint density at radius 3 is 2.50 bits per heavy atom. The molecule has 0 aliphatic carbocycles. The third-order valence-electron chi connectivity index (χ3n) is 6.34. The summed E-state index contributed by atoms with van der Waals surface area (Å²) in [6.45, 7) is 1.98. The second-order valence-corrected chi connectivity index (χ2v) is 9.26. The largest absolute Gasteiger partial charge is 0.399 e. The number of benzene rings is 3. The highest BCUT2D eigenvalue weighted by molar-refractivity contribution is 6.31. The maximum Gasteiger partial charge on any atom is 0.264 e. The third kappa shape index (κ3) is 4.99. The molecule has 5 N–H and O–H groups in total. The first kappa shape index (κ1) is 25.4. The second kappa shape index (κ2) is 10.5. The van der Waals surface area contributed by atoms with E-state index < -0.39 is 17.4 Å². The van der Waals surface area contributed by atoms with Crippen LogP contribution in [-0.4, -0.2) is 28.6 Å². The van der Waals surface area contributed by atoms with Crippen LogP contribution in [0, 0.1) is 5.92 Å². The van der Waals surface area contributed by atoms with Crippen molar-refractivity contribution in [2.24, 2.45) is 5.92 Å². The quantitative estimate of drug-likeness (QED) is 0.266. The molecule has 0 unspecified atom stereocenters. The molecule has 4 rings (SSSR count). The first-order valence-corrected chi connectivity index (χ1v) is 12.0. The minimum atomic E-state index is -1.78. The summed E-state index contributed by atoms with van der Waals surface area (Å²) >= 11 is 6.22. The van der Waals surface area contributed by atoms with Crippen LogP contribution in [0.4, 0.5) is 17.1 Å². The van der Waals surface area contributed by atoms with Gasteiger partial charge in [0.1, 0.15) is 0 Å². The number of anilines is 3. The number of nitrogen functional groups attached to an aromatic ring is 1. The van der Waals surface area contributed by atoms with Gasteiger partial charge in [-0.25, -0.2) is 0 Å². The summed E-state index contributed by atoms with van der Waals surface area (Å²) in [6.07, 6.45) is 3.92. The fourth-order valence-electron chi connectivity index (χ4n) is 4.30. The third-order valence-corrected chi connectivity index (χ3v) is 6.57. The normalized spacial score (nSPS) is 17.9. The lowest BCUT2D eigenvalue weighted by atomic mass is 9.83. The molecule has 0 radical (unpaired) electrons. The Kier molecular flexibility index (Phi) is 7.45. The fourth-order valence-corrected chi connectivity index (χ4v) is 4.48. The van der Waals surface area contributed by atoms with Crippen LogP contribution in [0.25, 0.3) is 0 Å². The van der Waals surface area contributed by atoms with E-state index in [2.05, 4.69) is 5.32 Å². The number of halogens is 1. The molecule has 3 aromatic rings. The first-order valence-electron chi connectivity index (χ1n) is 11.6. The fraction of sp³-hybridized carbons (Fsp3) is 0.214. The molecule has 3 aromatic carbocycles. The van der Waals surface area contributed by atoms with E-state index in [4.69, 9.17) is 22.4 Å². The number of amides is 2. The molecule has 0 fully saturated rings. The minimum absolute atomic E-state index is 0.0133. The molecule has 0 spiro atoms. The van der Waals surface area contributed by atoms with Gasteiger partial charge in [0.05, 0.1) is 12.2 Å². The van der Waals surface area contributed by atoms with E-state index in [1.54, 1.807) is 78.6 Å². The van der Waals surface area contributed by atoms with Gasteiger partial charge in [-0.2, -0.15) is 0 Å². The number of carbonyl (C=O) groups excluding carboxylic acids is 2. The maximum atomic E-state index is 13.6. The van der Waals surface area contributed by atoms with Crippen molar-refractivity contribution < 1.29 is 19.8 Å². The van der Waals surface area contributed by atoms with Crippen LogP contribution in [-0.2, 0) is 16.9 Å². The number of nitrogens with one attached hydrogen (secondary N) is 1. The molecule has 1 aliphatic rings. The minimum Gasteiger partial charge on any atom is -0.399 e. The van der Waals surface area contributed by atoms with Gasteiger partial charge >= 0.3 is 0 Å².